The Hall–Kier alpha value is -2.04. The number of likely N-dealkylation sites (tertiary alicyclic amines) is 1. The molecule has 5 nitrogen and oxygen atoms in total. The first-order valence-corrected chi connectivity index (χ1v) is 10.9. The SMILES string of the molecule is CN=C(NCCC1CCCC(C)C1)NCc1ccc(CN2CCCC2=O)cc1. The molecule has 0 aromatic heterocycles. The molecule has 1 amide bonds. The standard InChI is InChI=1S/C23H36N4O/c1-18-5-3-6-19(15-18)12-13-25-23(24-2)26-16-20-8-10-21(11-9-20)17-27-14-4-7-22(27)28/h8-11,18-19H,3-7,12-17H2,1-2H3,(H2,24,25,26). The second-order valence-electron chi connectivity index (χ2n) is 8.51. The third-order valence-corrected chi connectivity index (χ3v) is 6.14. The average molecular weight is 385 g/mol. The molecule has 2 atom stereocenters. The van der Waals surface area contributed by atoms with E-state index in [9.17, 15) is 4.79 Å². The Morgan fingerprint density at radius 3 is 2.61 bits per heavy atom. The lowest BCUT2D eigenvalue weighted by Gasteiger charge is -2.26. The maximum absolute atomic E-state index is 11.8. The number of aliphatic imine (C=N–C) groups is 1. The number of carbonyl (C=O) groups excluding carboxylic acids is 1. The van der Waals surface area contributed by atoms with E-state index in [2.05, 4.69) is 46.8 Å². The first kappa shape index (κ1) is 20.7. The third kappa shape index (κ3) is 6.25. The van der Waals surface area contributed by atoms with Gasteiger partial charge in [0.2, 0.25) is 5.91 Å². The zero-order chi connectivity index (χ0) is 19.8. The van der Waals surface area contributed by atoms with E-state index < -0.39 is 0 Å². The number of benzene rings is 1. The van der Waals surface area contributed by atoms with Crippen molar-refractivity contribution in [2.45, 2.75) is 65.0 Å². The van der Waals surface area contributed by atoms with Gasteiger partial charge < -0.3 is 15.5 Å². The van der Waals surface area contributed by atoms with Crippen molar-refractivity contribution >= 4 is 11.9 Å². The fourth-order valence-corrected chi connectivity index (χ4v) is 4.48. The van der Waals surface area contributed by atoms with Crippen LogP contribution >= 0.6 is 0 Å². The molecule has 3 rings (SSSR count). The minimum absolute atomic E-state index is 0.281. The monoisotopic (exact) mass is 384 g/mol. The van der Waals surface area contributed by atoms with Gasteiger partial charge in [0, 0.05) is 39.6 Å². The van der Waals surface area contributed by atoms with Crippen molar-refractivity contribution in [2.24, 2.45) is 16.8 Å². The van der Waals surface area contributed by atoms with Crippen LogP contribution < -0.4 is 10.6 Å². The van der Waals surface area contributed by atoms with E-state index in [0.29, 0.717) is 6.42 Å². The van der Waals surface area contributed by atoms with Crippen LogP contribution in [0, 0.1) is 11.8 Å². The zero-order valence-corrected chi connectivity index (χ0v) is 17.5. The molecule has 2 unspecified atom stereocenters. The molecular weight excluding hydrogens is 348 g/mol. The molecule has 5 heteroatoms. The van der Waals surface area contributed by atoms with E-state index in [1.165, 1.54) is 43.2 Å². The summed E-state index contributed by atoms with van der Waals surface area (Å²) >= 11 is 0. The van der Waals surface area contributed by atoms with Gasteiger partial charge in [-0.05, 0) is 42.2 Å². The second kappa shape index (κ2) is 10.5. The van der Waals surface area contributed by atoms with Crippen molar-refractivity contribution in [1.82, 2.24) is 15.5 Å². The lowest BCUT2D eigenvalue weighted by atomic mass is 9.81. The largest absolute Gasteiger partial charge is 0.356 e. The Bertz CT molecular complexity index is 655. The summed E-state index contributed by atoms with van der Waals surface area (Å²) in [5.74, 6) is 2.91. The van der Waals surface area contributed by atoms with Gasteiger partial charge in [-0.3, -0.25) is 9.79 Å². The second-order valence-corrected chi connectivity index (χ2v) is 8.51. The zero-order valence-electron chi connectivity index (χ0n) is 17.5. The predicted molar refractivity (Wildman–Crippen MR) is 115 cm³/mol. The van der Waals surface area contributed by atoms with Gasteiger partial charge in [-0.25, -0.2) is 0 Å². The molecule has 1 aliphatic heterocycles. The van der Waals surface area contributed by atoms with Crippen molar-refractivity contribution in [3.63, 3.8) is 0 Å². The topological polar surface area (TPSA) is 56.7 Å². The summed E-state index contributed by atoms with van der Waals surface area (Å²) in [4.78, 5) is 18.1. The molecule has 1 aromatic carbocycles. The molecule has 1 aromatic rings. The Balaban J connectivity index is 1.37. The van der Waals surface area contributed by atoms with Crippen LogP contribution in [0.25, 0.3) is 0 Å². The first-order chi connectivity index (χ1) is 13.6. The summed E-state index contributed by atoms with van der Waals surface area (Å²) in [6.45, 7) is 5.75. The van der Waals surface area contributed by atoms with E-state index >= 15 is 0 Å². The first-order valence-electron chi connectivity index (χ1n) is 10.9. The number of nitrogens with one attached hydrogen (secondary N) is 2. The molecule has 2 N–H and O–H groups in total. The van der Waals surface area contributed by atoms with Gasteiger partial charge in [0.25, 0.3) is 0 Å². The smallest absolute Gasteiger partial charge is 0.222 e. The molecule has 2 aliphatic rings. The highest BCUT2D eigenvalue weighted by Gasteiger charge is 2.20. The van der Waals surface area contributed by atoms with Gasteiger partial charge in [0.1, 0.15) is 0 Å². The molecule has 0 bridgehead atoms. The van der Waals surface area contributed by atoms with Crippen LogP contribution in [0.4, 0.5) is 0 Å². The van der Waals surface area contributed by atoms with Crippen LogP contribution in [0.3, 0.4) is 0 Å². The molecule has 0 spiro atoms. The summed E-state index contributed by atoms with van der Waals surface area (Å²) in [7, 11) is 1.83. The average Bonchev–Trinajstić information content (AvgIpc) is 3.10. The Labute approximate surface area is 170 Å². The highest BCUT2D eigenvalue weighted by Crippen LogP contribution is 2.30. The van der Waals surface area contributed by atoms with Crippen LogP contribution in [0.1, 0.15) is 63.0 Å². The summed E-state index contributed by atoms with van der Waals surface area (Å²) in [5.41, 5.74) is 2.42. The number of amides is 1. The summed E-state index contributed by atoms with van der Waals surface area (Å²) < 4.78 is 0. The highest BCUT2D eigenvalue weighted by atomic mass is 16.2. The minimum atomic E-state index is 0.281. The number of hydrogen-bond donors (Lipinski definition) is 2. The maximum Gasteiger partial charge on any atom is 0.222 e. The number of nitrogens with zero attached hydrogens (tertiary/aromatic N) is 2. The highest BCUT2D eigenvalue weighted by molar-refractivity contribution is 5.79. The molecule has 2 fully saturated rings. The van der Waals surface area contributed by atoms with Crippen molar-refractivity contribution in [2.75, 3.05) is 20.1 Å². The lowest BCUT2D eigenvalue weighted by molar-refractivity contribution is -0.128. The van der Waals surface area contributed by atoms with E-state index in [1.54, 1.807) is 0 Å². The van der Waals surface area contributed by atoms with Crippen LogP contribution in [0.5, 0.6) is 0 Å². The fourth-order valence-electron chi connectivity index (χ4n) is 4.48. The van der Waals surface area contributed by atoms with Crippen LogP contribution in [0.2, 0.25) is 0 Å². The third-order valence-electron chi connectivity index (χ3n) is 6.14. The molecule has 0 radical (unpaired) electrons. The lowest BCUT2D eigenvalue weighted by Crippen LogP contribution is -2.38. The number of rotatable bonds is 7. The van der Waals surface area contributed by atoms with Crippen molar-refractivity contribution in [1.29, 1.82) is 0 Å². The van der Waals surface area contributed by atoms with Crippen LogP contribution in [0.15, 0.2) is 29.3 Å². The summed E-state index contributed by atoms with van der Waals surface area (Å²) in [5, 5.41) is 6.87. The van der Waals surface area contributed by atoms with Gasteiger partial charge in [-0.2, -0.15) is 0 Å². The van der Waals surface area contributed by atoms with Crippen LogP contribution in [-0.2, 0) is 17.9 Å². The maximum atomic E-state index is 11.8. The summed E-state index contributed by atoms with van der Waals surface area (Å²) in [6, 6.07) is 8.53. The van der Waals surface area contributed by atoms with Crippen molar-refractivity contribution in [3.8, 4) is 0 Å². The number of hydrogen-bond acceptors (Lipinski definition) is 2. The molecule has 154 valence electrons. The van der Waals surface area contributed by atoms with Gasteiger partial charge in [0.05, 0.1) is 0 Å². The van der Waals surface area contributed by atoms with Gasteiger partial charge in [-0.1, -0.05) is 50.5 Å². The van der Waals surface area contributed by atoms with Gasteiger partial charge >= 0.3 is 0 Å². The van der Waals surface area contributed by atoms with E-state index in [0.717, 1.165) is 50.4 Å². The van der Waals surface area contributed by atoms with E-state index in [-0.39, 0.29) is 5.91 Å². The molecule has 28 heavy (non-hydrogen) atoms. The quantitative estimate of drug-likeness (QED) is 0.557. The van der Waals surface area contributed by atoms with Crippen LogP contribution in [-0.4, -0.2) is 36.9 Å². The molecule has 1 heterocycles. The van der Waals surface area contributed by atoms with Crippen molar-refractivity contribution < 1.29 is 4.79 Å². The fraction of sp³-hybridized carbons (Fsp3) is 0.652. The predicted octanol–water partition coefficient (Wildman–Crippen LogP) is 3.69. The molecular formula is C23H36N4O. The minimum Gasteiger partial charge on any atom is -0.356 e. The van der Waals surface area contributed by atoms with Gasteiger partial charge in [0.15, 0.2) is 5.96 Å². The Morgan fingerprint density at radius 2 is 1.93 bits per heavy atom. The Morgan fingerprint density at radius 1 is 1.14 bits per heavy atom. The summed E-state index contributed by atoms with van der Waals surface area (Å²) in [6.07, 6.45) is 8.48. The van der Waals surface area contributed by atoms with Gasteiger partial charge in [-0.15, -0.1) is 0 Å². The number of guanidine groups is 1. The molecule has 1 saturated carbocycles. The normalized spacial score (nSPS) is 23.1. The van der Waals surface area contributed by atoms with E-state index in [1.807, 2.05) is 11.9 Å². The Kier molecular flexibility index (Phi) is 7.75. The van der Waals surface area contributed by atoms with Crippen molar-refractivity contribution in [3.05, 3.63) is 35.4 Å². The molecule has 1 aliphatic carbocycles. The number of carbonyl (C=O) groups is 1. The molecule has 1 saturated heterocycles. The van der Waals surface area contributed by atoms with E-state index in [4.69, 9.17) is 0 Å².